The Hall–Kier alpha value is -2.83. The Balaban J connectivity index is 0.00000218. The molecule has 0 aliphatic carbocycles. The molecule has 1 fully saturated rings. The van der Waals surface area contributed by atoms with Crippen LogP contribution in [0, 0.1) is 6.92 Å². The average molecular weight is 424 g/mol. The second-order valence-electron chi connectivity index (χ2n) is 7.48. The minimum atomic E-state index is 0. The van der Waals surface area contributed by atoms with Crippen molar-refractivity contribution in [1.29, 1.82) is 0 Å². The number of hydrogen-bond donors (Lipinski definition) is 0. The van der Waals surface area contributed by atoms with Crippen molar-refractivity contribution in [2.75, 3.05) is 37.9 Å². The van der Waals surface area contributed by atoms with Gasteiger partial charge in [-0.05, 0) is 24.6 Å². The molecule has 1 aromatic heterocycles. The molecular weight excluding hydrogens is 400 g/mol. The molecule has 30 heavy (non-hydrogen) atoms. The second kappa shape index (κ2) is 8.90. The molecule has 156 valence electrons. The maximum Gasteiger partial charge on any atom is 0.231 e. The molecule has 0 radical (unpaired) electrons. The number of halogens is 1. The lowest BCUT2D eigenvalue weighted by Crippen LogP contribution is -3.00. The van der Waals surface area contributed by atoms with Gasteiger partial charge < -0.3 is 26.8 Å². The van der Waals surface area contributed by atoms with Gasteiger partial charge in [-0.2, -0.15) is 0 Å². The highest BCUT2D eigenvalue weighted by atomic mass is 35.5. The van der Waals surface area contributed by atoms with Crippen molar-refractivity contribution in [2.45, 2.75) is 13.5 Å². The monoisotopic (exact) mass is 423 g/mol. The summed E-state index contributed by atoms with van der Waals surface area (Å²) >= 11 is 0. The van der Waals surface area contributed by atoms with Gasteiger partial charge in [0.25, 0.3) is 0 Å². The van der Waals surface area contributed by atoms with Crippen molar-refractivity contribution in [3.63, 3.8) is 0 Å². The fourth-order valence-corrected chi connectivity index (χ4v) is 3.90. The molecule has 2 aliphatic heterocycles. The third-order valence-electron chi connectivity index (χ3n) is 5.43. The summed E-state index contributed by atoms with van der Waals surface area (Å²) in [6.07, 6.45) is 0. The third-order valence-corrected chi connectivity index (χ3v) is 5.43. The number of benzene rings is 2. The third kappa shape index (κ3) is 4.35. The van der Waals surface area contributed by atoms with Gasteiger partial charge >= 0.3 is 0 Å². The summed E-state index contributed by atoms with van der Waals surface area (Å²) < 4.78 is 10.9. The van der Waals surface area contributed by atoms with Gasteiger partial charge in [-0.1, -0.05) is 36.4 Å². The minimum absolute atomic E-state index is 0. The Morgan fingerprint density at radius 1 is 0.867 bits per heavy atom. The van der Waals surface area contributed by atoms with Crippen LogP contribution in [0.25, 0.3) is 11.3 Å². The quantitative estimate of drug-likeness (QED) is 0.609. The number of piperazine rings is 1. The summed E-state index contributed by atoms with van der Waals surface area (Å²) in [5.74, 6) is 3.51. The molecule has 3 aromatic rings. The minimum Gasteiger partial charge on any atom is -1.00 e. The first kappa shape index (κ1) is 20.4. The molecule has 0 unspecified atom stereocenters. The number of hydrogen-bond acceptors (Lipinski definition) is 6. The van der Waals surface area contributed by atoms with Gasteiger partial charge in [0.2, 0.25) is 6.79 Å². The molecule has 2 aromatic carbocycles. The standard InChI is InChI=1S/C23H24N4O2.ClH/c1-17-24-20(19-5-3-2-4-6-19)14-23(25-17)27-11-9-26(10-12-27)15-18-7-8-21-22(13-18)29-16-28-21;/h2-8,13-14H,9-12,15-16H2,1H3;1H/p-1. The lowest BCUT2D eigenvalue weighted by atomic mass is 10.1. The molecule has 0 atom stereocenters. The zero-order chi connectivity index (χ0) is 19.6. The van der Waals surface area contributed by atoms with E-state index < -0.39 is 0 Å². The van der Waals surface area contributed by atoms with Crippen LogP contribution >= 0.6 is 0 Å². The van der Waals surface area contributed by atoms with Crippen LogP contribution in [-0.4, -0.2) is 47.8 Å². The Labute approximate surface area is 182 Å². The fraction of sp³-hybridized carbons (Fsp3) is 0.304. The molecule has 6 nitrogen and oxygen atoms in total. The van der Waals surface area contributed by atoms with E-state index in [1.165, 1.54) is 5.56 Å². The first-order valence-electron chi connectivity index (χ1n) is 10.0. The predicted molar refractivity (Wildman–Crippen MR) is 112 cm³/mol. The summed E-state index contributed by atoms with van der Waals surface area (Å²) in [6, 6.07) is 18.6. The summed E-state index contributed by atoms with van der Waals surface area (Å²) in [4.78, 5) is 14.2. The van der Waals surface area contributed by atoms with E-state index in [0.29, 0.717) is 6.79 Å². The van der Waals surface area contributed by atoms with E-state index in [0.717, 1.165) is 67.1 Å². The first-order valence-corrected chi connectivity index (χ1v) is 10.0. The van der Waals surface area contributed by atoms with E-state index >= 15 is 0 Å². The summed E-state index contributed by atoms with van der Waals surface area (Å²) in [7, 11) is 0. The van der Waals surface area contributed by atoms with Crippen LogP contribution < -0.4 is 26.8 Å². The average Bonchev–Trinajstić information content (AvgIpc) is 3.22. The molecule has 0 spiro atoms. The largest absolute Gasteiger partial charge is 1.00 e. The van der Waals surface area contributed by atoms with Gasteiger partial charge in [0.1, 0.15) is 11.6 Å². The zero-order valence-electron chi connectivity index (χ0n) is 16.9. The lowest BCUT2D eigenvalue weighted by molar-refractivity contribution is -0.00000761. The molecule has 0 N–H and O–H groups in total. The Morgan fingerprint density at radius 3 is 2.43 bits per heavy atom. The number of ether oxygens (including phenoxy) is 2. The van der Waals surface area contributed by atoms with Crippen molar-refractivity contribution in [1.82, 2.24) is 14.9 Å². The van der Waals surface area contributed by atoms with E-state index in [2.05, 4.69) is 45.1 Å². The predicted octanol–water partition coefficient (Wildman–Crippen LogP) is 0.507. The summed E-state index contributed by atoms with van der Waals surface area (Å²) in [6.45, 7) is 7.11. The van der Waals surface area contributed by atoms with Crippen molar-refractivity contribution in [2.24, 2.45) is 0 Å². The van der Waals surface area contributed by atoms with Crippen molar-refractivity contribution in [3.05, 3.63) is 66.0 Å². The van der Waals surface area contributed by atoms with E-state index in [1.807, 2.05) is 31.2 Å². The molecule has 7 heteroatoms. The summed E-state index contributed by atoms with van der Waals surface area (Å²) in [5, 5.41) is 0. The number of anilines is 1. The Bertz CT molecular complexity index is 1010. The number of aryl methyl sites for hydroxylation is 1. The molecule has 5 rings (SSSR count). The molecule has 0 bridgehead atoms. The van der Waals surface area contributed by atoms with Crippen LogP contribution in [0.2, 0.25) is 0 Å². The molecule has 2 aliphatic rings. The first-order chi connectivity index (χ1) is 14.2. The van der Waals surface area contributed by atoms with Crippen LogP contribution in [0.4, 0.5) is 5.82 Å². The number of rotatable bonds is 4. The van der Waals surface area contributed by atoms with Gasteiger partial charge in [-0.3, -0.25) is 4.90 Å². The van der Waals surface area contributed by atoms with Gasteiger partial charge in [-0.25, -0.2) is 9.97 Å². The topological polar surface area (TPSA) is 50.7 Å². The molecule has 0 saturated carbocycles. The molecule has 1 saturated heterocycles. The van der Waals surface area contributed by atoms with E-state index in [4.69, 9.17) is 14.5 Å². The SMILES string of the molecule is Cc1nc(-c2ccccc2)cc(N2CCN(Cc3ccc4c(c3)OCO4)CC2)n1.[Cl-]. The highest BCUT2D eigenvalue weighted by Crippen LogP contribution is 2.33. The van der Waals surface area contributed by atoms with Crippen LogP contribution in [0.5, 0.6) is 11.5 Å². The van der Waals surface area contributed by atoms with Gasteiger partial charge in [0.15, 0.2) is 11.5 Å². The Morgan fingerprint density at radius 2 is 1.63 bits per heavy atom. The van der Waals surface area contributed by atoms with Gasteiger partial charge in [0.05, 0.1) is 5.69 Å². The smallest absolute Gasteiger partial charge is 0.231 e. The molecular formula is C23H24ClN4O2-. The molecule has 3 heterocycles. The van der Waals surface area contributed by atoms with E-state index in [-0.39, 0.29) is 12.4 Å². The summed E-state index contributed by atoms with van der Waals surface area (Å²) in [5.41, 5.74) is 3.36. The highest BCUT2D eigenvalue weighted by molar-refractivity contribution is 5.63. The van der Waals surface area contributed by atoms with Crippen LogP contribution in [-0.2, 0) is 6.54 Å². The van der Waals surface area contributed by atoms with Crippen LogP contribution in [0.15, 0.2) is 54.6 Å². The number of fused-ring (bicyclic) bond motifs is 1. The van der Waals surface area contributed by atoms with Crippen LogP contribution in [0.3, 0.4) is 0 Å². The Kier molecular flexibility index (Phi) is 6.06. The van der Waals surface area contributed by atoms with Crippen molar-refractivity contribution < 1.29 is 21.9 Å². The van der Waals surface area contributed by atoms with Crippen molar-refractivity contribution in [3.8, 4) is 22.8 Å². The normalized spacial score (nSPS) is 15.7. The highest BCUT2D eigenvalue weighted by Gasteiger charge is 2.20. The second-order valence-corrected chi connectivity index (χ2v) is 7.48. The molecule has 0 amide bonds. The van der Waals surface area contributed by atoms with Gasteiger partial charge in [0, 0.05) is 44.4 Å². The van der Waals surface area contributed by atoms with Crippen molar-refractivity contribution >= 4 is 5.82 Å². The van der Waals surface area contributed by atoms with Crippen LogP contribution in [0.1, 0.15) is 11.4 Å². The number of nitrogens with zero attached hydrogens (tertiary/aromatic N) is 4. The lowest BCUT2D eigenvalue weighted by Gasteiger charge is -2.35. The van der Waals surface area contributed by atoms with Gasteiger partial charge in [-0.15, -0.1) is 0 Å². The number of aromatic nitrogens is 2. The maximum atomic E-state index is 5.50. The van der Waals surface area contributed by atoms with E-state index in [1.54, 1.807) is 0 Å². The maximum absolute atomic E-state index is 5.50. The zero-order valence-corrected chi connectivity index (χ0v) is 17.7. The fourth-order valence-electron chi connectivity index (χ4n) is 3.90. The van der Waals surface area contributed by atoms with E-state index in [9.17, 15) is 0 Å².